The topological polar surface area (TPSA) is 34.1 Å². The van der Waals surface area contributed by atoms with Gasteiger partial charge in [0.05, 0.1) is 11.1 Å². The van der Waals surface area contributed by atoms with Gasteiger partial charge < -0.3 is 10.1 Å². The van der Waals surface area contributed by atoms with Crippen LogP contribution in [0.15, 0.2) is 36.5 Å². The van der Waals surface area contributed by atoms with Gasteiger partial charge in [0.15, 0.2) is 0 Å². The van der Waals surface area contributed by atoms with Crippen LogP contribution in [0.3, 0.4) is 0 Å². The zero-order valence-electron chi connectivity index (χ0n) is 11.4. The van der Waals surface area contributed by atoms with Gasteiger partial charge in [-0.2, -0.15) is 0 Å². The van der Waals surface area contributed by atoms with E-state index < -0.39 is 0 Å². The van der Waals surface area contributed by atoms with Crippen LogP contribution in [0, 0.1) is 0 Å². The third kappa shape index (κ3) is 2.62. The minimum Gasteiger partial charge on any atom is -0.377 e. The molecule has 0 bridgehead atoms. The number of ether oxygens (including phenoxy) is 1. The summed E-state index contributed by atoms with van der Waals surface area (Å²) in [5, 5.41) is 4.72. The molecule has 0 aliphatic heterocycles. The minimum atomic E-state index is 0.0956. The van der Waals surface area contributed by atoms with Crippen molar-refractivity contribution < 1.29 is 4.74 Å². The average molecular weight is 256 g/mol. The molecule has 1 aliphatic rings. The summed E-state index contributed by atoms with van der Waals surface area (Å²) in [6, 6.07) is 10.5. The van der Waals surface area contributed by atoms with Crippen molar-refractivity contribution in [2.75, 3.05) is 13.7 Å². The van der Waals surface area contributed by atoms with E-state index in [1.807, 2.05) is 19.4 Å². The minimum absolute atomic E-state index is 0.0956. The Morgan fingerprint density at radius 3 is 2.95 bits per heavy atom. The smallest absolute Gasteiger partial charge is 0.0802 e. The van der Waals surface area contributed by atoms with Crippen LogP contribution in [0.1, 0.15) is 24.8 Å². The fourth-order valence-corrected chi connectivity index (χ4v) is 2.69. The third-order valence-corrected chi connectivity index (χ3v) is 4.14. The Morgan fingerprint density at radius 2 is 2.21 bits per heavy atom. The van der Waals surface area contributed by atoms with E-state index in [1.165, 1.54) is 30.2 Å². The lowest BCUT2D eigenvalue weighted by Gasteiger charge is -2.40. The van der Waals surface area contributed by atoms with Crippen LogP contribution in [0.2, 0.25) is 0 Å². The summed E-state index contributed by atoms with van der Waals surface area (Å²) in [4.78, 5) is 4.34. The van der Waals surface area contributed by atoms with Crippen LogP contribution in [-0.2, 0) is 11.3 Å². The molecule has 0 spiro atoms. The van der Waals surface area contributed by atoms with E-state index in [0.717, 1.165) is 18.6 Å². The number of nitrogens with one attached hydrogen (secondary N) is 1. The van der Waals surface area contributed by atoms with Gasteiger partial charge in [0.25, 0.3) is 0 Å². The van der Waals surface area contributed by atoms with Crippen molar-refractivity contribution in [2.45, 2.75) is 31.4 Å². The van der Waals surface area contributed by atoms with Gasteiger partial charge in [-0.15, -0.1) is 0 Å². The first kappa shape index (κ1) is 12.6. The maximum absolute atomic E-state index is 5.61. The molecule has 0 saturated heterocycles. The fraction of sp³-hybridized carbons (Fsp3) is 0.438. The summed E-state index contributed by atoms with van der Waals surface area (Å²) in [7, 11) is 1.82. The largest absolute Gasteiger partial charge is 0.377 e. The molecule has 0 unspecified atom stereocenters. The lowest BCUT2D eigenvalue weighted by atomic mass is 9.80. The first-order valence-corrected chi connectivity index (χ1v) is 6.91. The van der Waals surface area contributed by atoms with Crippen molar-refractivity contribution >= 4 is 10.9 Å². The number of benzene rings is 1. The first-order valence-electron chi connectivity index (χ1n) is 6.91. The van der Waals surface area contributed by atoms with Crippen molar-refractivity contribution in [3.8, 4) is 0 Å². The third-order valence-electron chi connectivity index (χ3n) is 4.14. The standard InChI is InChI=1S/C16H20N2O/c1-19-16(7-3-8-16)12-17-11-13-5-6-15-14(10-13)4-2-9-18-15/h2,4-6,9-10,17H,3,7-8,11-12H2,1H3. The van der Waals surface area contributed by atoms with Crippen LogP contribution >= 0.6 is 0 Å². The molecule has 1 aliphatic carbocycles. The van der Waals surface area contributed by atoms with Crippen molar-refractivity contribution in [1.29, 1.82) is 0 Å². The molecule has 100 valence electrons. The Labute approximate surface area is 114 Å². The average Bonchev–Trinajstić information content (AvgIpc) is 2.42. The Morgan fingerprint density at radius 1 is 1.32 bits per heavy atom. The number of hydrogen-bond acceptors (Lipinski definition) is 3. The molecule has 19 heavy (non-hydrogen) atoms. The molecule has 0 amide bonds. The number of nitrogens with zero attached hydrogens (tertiary/aromatic N) is 1. The Kier molecular flexibility index (Phi) is 3.49. The number of pyridine rings is 1. The normalized spacial score (nSPS) is 17.3. The summed E-state index contributed by atoms with van der Waals surface area (Å²) in [6.45, 7) is 1.82. The molecule has 1 aromatic heterocycles. The molecule has 0 atom stereocenters. The zero-order valence-corrected chi connectivity index (χ0v) is 11.4. The van der Waals surface area contributed by atoms with E-state index in [9.17, 15) is 0 Å². The highest BCUT2D eigenvalue weighted by Crippen LogP contribution is 2.34. The molecule has 1 fully saturated rings. The van der Waals surface area contributed by atoms with Gasteiger partial charge in [-0.3, -0.25) is 4.98 Å². The molecular weight excluding hydrogens is 236 g/mol. The van der Waals surface area contributed by atoms with Crippen LogP contribution in [-0.4, -0.2) is 24.2 Å². The van der Waals surface area contributed by atoms with Crippen LogP contribution in [0.4, 0.5) is 0 Å². The summed E-state index contributed by atoms with van der Waals surface area (Å²) in [5.41, 5.74) is 2.45. The quantitative estimate of drug-likeness (QED) is 0.893. The summed E-state index contributed by atoms with van der Waals surface area (Å²) >= 11 is 0. The molecule has 1 N–H and O–H groups in total. The van der Waals surface area contributed by atoms with Gasteiger partial charge in [-0.25, -0.2) is 0 Å². The fourth-order valence-electron chi connectivity index (χ4n) is 2.69. The van der Waals surface area contributed by atoms with Gasteiger partial charge in [-0.1, -0.05) is 12.1 Å². The Hall–Kier alpha value is -1.45. The van der Waals surface area contributed by atoms with Crippen LogP contribution in [0.25, 0.3) is 10.9 Å². The molecule has 0 radical (unpaired) electrons. The van der Waals surface area contributed by atoms with Gasteiger partial charge >= 0.3 is 0 Å². The monoisotopic (exact) mass is 256 g/mol. The maximum atomic E-state index is 5.61. The molecule has 1 heterocycles. The summed E-state index contributed by atoms with van der Waals surface area (Å²) in [6.07, 6.45) is 5.48. The number of hydrogen-bond donors (Lipinski definition) is 1. The summed E-state index contributed by atoms with van der Waals surface area (Å²) in [5.74, 6) is 0. The first-order chi connectivity index (χ1) is 9.31. The van der Waals surface area contributed by atoms with Gasteiger partial charge in [0, 0.05) is 31.8 Å². The molecular formula is C16H20N2O. The predicted octanol–water partition coefficient (Wildman–Crippen LogP) is 2.89. The summed E-state index contributed by atoms with van der Waals surface area (Å²) < 4.78 is 5.61. The molecule has 3 rings (SSSR count). The van der Waals surface area contributed by atoms with E-state index >= 15 is 0 Å². The maximum Gasteiger partial charge on any atom is 0.0802 e. The second kappa shape index (κ2) is 5.27. The zero-order chi connectivity index (χ0) is 13.1. The Bertz CT molecular complexity index is 558. The molecule has 2 aromatic rings. The van der Waals surface area contributed by atoms with Crippen molar-refractivity contribution in [3.63, 3.8) is 0 Å². The van der Waals surface area contributed by atoms with Crippen molar-refractivity contribution in [1.82, 2.24) is 10.3 Å². The highest BCUT2D eigenvalue weighted by atomic mass is 16.5. The Balaban J connectivity index is 1.62. The number of fused-ring (bicyclic) bond motifs is 1. The number of rotatable bonds is 5. The molecule has 3 heteroatoms. The van der Waals surface area contributed by atoms with E-state index in [2.05, 4.69) is 34.6 Å². The molecule has 1 saturated carbocycles. The van der Waals surface area contributed by atoms with Crippen molar-refractivity contribution in [2.24, 2.45) is 0 Å². The van der Waals surface area contributed by atoms with Gasteiger partial charge in [-0.05, 0) is 43.0 Å². The van der Waals surface area contributed by atoms with E-state index in [-0.39, 0.29) is 5.60 Å². The van der Waals surface area contributed by atoms with E-state index in [4.69, 9.17) is 4.74 Å². The number of methoxy groups -OCH3 is 1. The van der Waals surface area contributed by atoms with Gasteiger partial charge in [0.2, 0.25) is 0 Å². The lowest BCUT2D eigenvalue weighted by molar-refractivity contribution is -0.0695. The highest BCUT2D eigenvalue weighted by Gasteiger charge is 2.36. The molecule has 1 aromatic carbocycles. The van der Waals surface area contributed by atoms with Crippen LogP contribution < -0.4 is 5.32 Å². The molecule has 3 nitrogen and oxygen atoms in total. The highest BCUT2D eigenvalue weighted by molar-refractivity contribution is 5.78. The number of aromatic nitrogens is 1. The van der Waals surface area contributed by atoms with Crippen molar-refractivity contribution in [3.05, 3.63) is 42.1 Å². The van der Waals surface area contributed by atoms with Gasteiger partial charge in [0.1, 0.15) is 0 Å². The lowest BCUT2D eigenvalue weighted by Crippen LogP contribution is -2.47. The predicted molar refractivity (Wildman–Crippen MR) is 77.0 cm³/mol. The van der Waals surface area contributed by atoms with E-state index in [0.29, 0.717) is 0 Å². The van der Waals surface area contributed by atoms with Crippen LogP contribution in [0.5, 0.6) is 0 Å². The second-order valence-electron chi connectivity index (χ2n) is 5.37. The second-order valence-corrected chi connectivity index (χ2v) is 5.37. The SMILES string of the molecule is COC1(CNCc2ccc3ncccc3c2)CCC1. The van der Waals surface area contributed by atoms with E-state index in [1.54, 1.807) is 0 Å².